The topological polar surface area (TPSA) is 90.5 Å². The molecule has 0 aliphatic carbocycles. The van der Waals surface area contributed by atoms with Gasteiger partial charge in [-0.1, -0.05) is 54.1 Å². The number of nitrogens with one attached hydrogen (secondary N) is 2. The van der Waals surface area contributed by atoms with E-state index in [1.165, 1.54) is 5.56 Å². The molecule has 6 rings (SSSR count). The summed E-state index contributed by atoms with van der Waals surface area (Å²) in [5, 5.41) is 6.83. The molecule has 8 nitrogen and oxygen atoms in total. The fourth-order valence-electron chi connectivity index (χ4n) is 6.12. The predicted octanol–water partition coefficient (Wildman–Crippen LogP) is 5.90. The Morgan fingerprint density at radius 2 is 1.49 bits per heavy atom. The van der Waals surface area contributed by atoms with Crippen LogP contribution in [0, 0.1) is 6.92 Å². The van der Waals surface area contributed by atoms with Gasteiger partial charge >= 0.3 is 0 Å². The van der Waals surface area contributed by atoms with E-state index in [1.54, 1.807) is 12.3 Å². The van der Waals surface area contributed by atoms with Crippen LogP contribution in [0.1, 0.15) is 57.7 Å². The molecule has 4 aromatic rings. The number of hydrogen-bond acceptors (Lipinski definition) is 6. The highest BCUT2D eigenvalue weighted by Gasteiger charge is 2.24. The van der Waals surface area contributed by atoms with Crippen LogP contribution in [0.25, 0.3) is 11.1 Å². The van der Waals surface area contributed by atoms with Crippen molar-refractivity contribution in [2.24, 2.45) is 0 Å². The van der Waals surface area contributed by atoms with Crippen LogP contribution in [0.3, 0.4) is 0 Å². The van der Waals surface area contributed by atoms with E-state index in [2.05, 4.69) is 37.6 Å². The zero-order chi connectivity index (χ0) is 31.2. The van der Waals surface area contributed by atoms with Gasteiger partial charge in [-0.05, 0) is 68.5 Å². The van der Waals surface area contributed by atoms with Crippen molar-refractivity contribution < 1.29 is 9.59 Å². The van der Waals surface area contributed by atoms with E-state index in [0.29, 0.717) is 16.1 Å². The van der Waals surface area contributed by atoms with Crippen molar-refractivity contribution in [3.8, 4) is 11.1 Å². The number of benzene rings is 2. The van der Waals surface area contributed by atoms with E-state index in [1.807, 2.05) is 67.7 Å². The van der Waals surface area contributed by atoms with Crippen LogP contribution >= 0.6 is 11.6 Å². The van der Waals surface area contributed by atoms with Crippen molar-refractivity contribution >= 4 is 29.2 Å². The molecule has 2 N–H and O–H groups in total. The molecule has 2 saturated heterocycles. The standard InChI is InChI=1S/C36H39ClN6O2/c1-25-10-12-28(23-38-25)31-8-5-9-32(34(31)37)36(45)41-29-14-18-42(19-15-29)24-26-11-13-33(39-22-26)43-20-16-30(17-21-43)40-35(44)27-6-3-2-4-7-27/h2-13,22-23,29-30H,14-21,24H2,1H3,(H,40,44)(H,41,45). The largest absolute Gasteiger partial charge is 0.356 e. The fourth-order valence-corrected chi connectivity index (χ4v) is 6.44. The molecule has 2 aromatic carbocycles. The van der Waals surface area contributed by atoms with Gasteiger partial charge < -0.3 is 15.5 Å². The summed E-state index contributed by atoms with van der Waals surface area (Å²) >= 11 is 6.69. The number of carbonyl (C=O) groups excluding carboxylic acids is 2. The molecule has 2 amide bonds. The summed E-state index contributed by atoms with van der Waals surface area (Å²) in [4.78, 5) is 39.5. The second kappa shape index (κ2) is 14.2. The van der Waals surface area contributed by atoms with Crippen LogP contribution in [-0.4, -0.2) is 64.9 Å². The summed E-state index contributed by atoms with van der Waals surface area (Å²) in [5.41, 5.74) is 5.01. The van der Waals surface area contributed by atoms with Gasteiger partial charge in [0.1, 0.15) is 5.82 Å². The maximum absolute atomic E-state index is 13.2. The molecule has 2 aliphatic heterocycles. The molecule has 0 bridgehead atoms. The second-order valence-corrected chi connectivity index (χ2v) is 12.4. The summed E-state index contributed by atoms with van der Waals surface area (Å²) in [6.07, 6.45) is 7.32. The van der Waals surface area contributed by atoms with Crippen molar-refractivity contribution in [3.05, 3.63) is 113 Å². The first kappa shape index (κ1) is 30.7. The Balaban J connectivity index is 0.948. The summed E-state index contributed by atoms with van der Waals surface area (Å²) in [6.45, 7) is 6.31. The number of halogens is 1. The van der Waals surface area contributed by atoms with E-state index in [0.717, 1.165) is 81.0 Å². The summed E-state index contributed by atoms with van der Waals surface area (Å²) < 4.78 is 0. The minimum absolute atomic E-state index is 0.00559. The molecular formula is C36H39ClN6O2. The second-order valence-electron chi connectivity index (χ2n) is 12.0. The van der Waals surface area contributed by atoms with E-state index < -0.39 is 0 Å². The van der Waals surface area contributed by atoms with Gasteiger partial charge in [0, 0.05) is 79.6 Å². The molecule has 9 heteroatoms. The highest BCUT2D eigenvalue weighted by molar-refractivity contribution is 6.36. The van der Waals surface area contributed by atoms with Gasteiger partial charge in [-0.2, -0.15) is 0 Å². The lowest BCUT2D eigenvalue weighted by atomic mass is 10.0. The monoisotopic (exact) mass is 622 g/mol. The first-order valence-corrected chi connectivity index (χ1v) is 16.1. The van der Waals surface area contributed by atoms with Gasteiger partial charge in [-0.15, -0.1) is 0 Å². The van der Waals surface area contributed by atoms with Crippen molar-refractivity contribution in [2.45, 2.75) is 51.2 Å². The molecular weight excluding hydrogens is 584 g/mol. The number of anilines is 1. The Bertz CT molecular complexity index is 1600. The Labute approximate surface area is 269 Å². The number of aryl methyl sites for hydroxylation is 1. The molecule has 0 spiro atoms. The Morgan fingerprint density at radius 1 is 0.778 bits per heavy atom. The smallest absolute Gasteiger partial charge is 0.253 e. The quantitative estimate of drug-likeness (QED) is 0.254. The summed E-state index contributed by atoms with van der Waals surface area (Å²) in [5.74, 6) is 0.839. The summed E-state index contributed by atoms with van der Waals surface area (Å²) in [7, 11) is 0. The van der Waals surface area contributed by atoms with Crippen molar-refractivity contribution in [1.82, 2.24) is 25.5 Å². The molecule has 2 fully saturated rings. The van der Waals surface area contributed by atoms with Crippen LogP contribution < -0.4 is 15.5 Å². The first-order valence-electron chi connectivity index (χ1n) is 15.7. The molecule has 45 heavy (non-hydrogen) atoms. The first-order chi connectivity index (χ1) is 21.9. The van der Waals surface area contributed by atoms with Crippen molar-refractivity contribution in [1.29, 1.82) is 0 Å². The third-order valence-electron chi connectivity index (χ3n) is 8.79. The zero-order valence-corrected chi connectivity index (χ0v) is 26.3. The lowest BCUT2D eigenvalue weighted by Crippen LogP contribution is -2.45. The van der Waals surface area contributed by atoms with Crippen LogP contribution in [0.2, 0.25) is 5.02 Å². The van der Waals surface area contributed by atoms with E-state index >= 15 is 0 Å². The minimum Gasteiger partial charge on any atom is -0.356 e. The average molecular weight is 623 g/mol. The minimum atomic E-state index is -0.136. The number of piperidine rings is 2. The van der Waals surface area contributed by atoms with Crippen LogP contribution in [0.15, 0.2) is 85.2 Å². The molecule has 2 aromatic heterocycles. The number of rotatable bonds is 8. The van der Waals surface area contributed by atoms with Crippen molar-refractivity contribution in [3.63, 3.8) is 0 Å². The van der Waals surface area contributed by atoms with Gasteiger partial charge in [-0.25, -0.2) is 4.98 Å². The molecule has 0 radical (unpaired) electrons. The van der Waals surface area contributed by atoms with Gasteiger partial charge in [0.05, 0.1) is 10.6 Å². The number of amides is 2. The number of likely N-dealkylation sites (tertiary alicyclic amines) is 1. The number of pyridine rings is 2. The van der Waals surface area contributed by atoms with Gasteiger partial charge in [0.15, 0.2) is 0 Å². The zero-order valence-electron chi connectivity index (χ0n) is 25.6. The molecule has 2 aliphatic rings. The fraction of sp³-hybridized carbons (Fsp3) is 0.333. The number of carbonyl (C=O) groups is 2. The normalized spacial score (nSPS) is 16.4. The molecule has 0 saturated carbocycles. The number of nitrogens with zero attached hydrogens (tertiary/aromatic N) is 4. The van der Waals surface area contributed by atoms with Crippen LogP contribution in [0.4, 0.5) is 5.82 Å². The molecule has 0 unspecified atom stereocenters. The Hall–Kier alpha value is -4.27. The Kier molecular flexibility index (Phi) is 9.72. The van der Waals surface area contributed by atoms with E-state index in [4.69, 9.17) is 16.6 Å². The van der Waals surface area contributed by atoms with Crippen LogP contribution in [0.5, 0.6) is 0 Å². The summed E-state index contributed by atoms with van der Waals surface area (Å²) in [6, 6.07) is 23.4. The van der Waals surface area contributed by atoms with E-state index in [9.17, 15) is 9.59 Å². The SMILES string of the molecule is Cc1ccc(-c2cccc(C(=O)NC3CCN(Cc4ccc(N5CCC(NC(=O)c6ccccc6)CC5)nc4)CC3)c2Cl)cn1. The van der Waals surface area contributed by atoms with Crippen molar-refractivity contribution in [2.75, 3.05) is 31.1 Å². The van der Waals surface area contributed by atoms with Gasteiger partial charge in [0.2, 0.25) is 0 Å². The van der Waals surface area contributed by atoms with Crippen LogP contribution in [-0.2, 0) is 6.54 Å². The maximum Gasteiger partial charge on any atom is 0.253 e. The lowest BCUT2D eigenvalue weighted by molar-refractivity contribution is 0.0906. The molecule has 0 atom stereocenters. The Morgan fingerprint density at radius 3 is 2.16 bits per heavy atom. The van der Waals surface area contributed by atoms with Gasteiger partial charge in [0.25, 0.3) is 11.8 Å². The number of aromatic nitrogens is 2. The highest BCUT2D eigenvalue weighted by Crippen LogP contribution is 2.31. The predicted molar refractivity (Wildman–Crippen MR) is 179 cm³/mol. The third kappa shape index (κ3) is 7.70. The third-order valence-corrected chi connectivity index (χ3v) is 9.20. The maximum atomic E-state index is 13.2. The van der Waals surface area contributed by atoms with E-state index in [-0.39, 0.29) is 23.9 Å². The highest BCUT2D eigenvalue weighted by atomic mass is 35.5. The molecule has 4 heterocycles. The molecule has 232 valence electrons. The lowest BCUT2D eigenvalue weighted by Gasteiger charge is -2.34. The average Bonchev–Trinajstić information content (AvgIpc) is 3.07. The van der Waals surface area contributed by atoms with Gasteiger partial charge in [-0.3, -0.25) is 19.5 Å². The number of hydrogen-bond donors (Lipinski definition) is 2.